The van der Waals surface area contributed by atoms with E-state index in [1.165, 1.54) is 37.1 Å². The highest BCUT2D eigenvalue weighted by atomic mass is 31.2. The van der Waals surface area contributed by atoms with Crippen molar-refractivity contribution in [2.45, 2.75) is 31.8 Å². The first-order chi connectivity index (χ1) is 7.26. The van der Waals surface area contributed by atoms with Crippen LogP contribution in [-0.2, 0) is 0 Å². The summed E-state index contributed by atoms with van der Waals surface area (Å²) in [4.78, 5) is 0. The average Bonchev–Trinajstić information content (AvgIpc) is 2.68. The molecule has 0 aliphatic carbocycles. The molecule has 1 atom stereocenters. The van der Waals surface area contributed by atoms with E-state index in [1.807, 2.05) is 0 Å². The fourth-order valence-electron chi connectivity index (χ4n) is 2.81. The van der Waals surface area contributed by atoms with E-state index in [1.54, 1.807) is 0 Å². The molecule has 0 aromatic heterocycles. The Morgan fingerprint density at radius 2 is 1.80 bits per heavy atom. The Bertz CT molecular complexity index is 304. The summed E-state index contributed by atoms with van der Waals surface area (Å²) in [6.45, 7) is 2.28. The van der Waals surface area contributed by atoms with E-state index in [0.29, 0.717) is 5.66 Å². The van der Waals surface area contributed by atoms with Crippen LogP contribution < -0.4 is 0 Å². The van der Waals surface area contributed by atoms with Gasteiger partial charge in [-0.05, 0) is 24.8 Å². The van der Waals surface area contributed by atoms with Crippen molar-refractivity contribution in [3.05, 3.63) is 35.9 Å². The molecule has 0 N–H and O–H groups in total. The Kier molecular flexibility index (Phi) is 3.51. The highest BCUT2D eigenvalue weighted by Crippen LogP contribution is 2.70. The van der Waals surface area contributed by atoms with Crippen molar-refractivity contribution in [1.82, 2.24) is 0 Å². The summed E-state index contributed by atoms with van der Waals surface area (Å²) in [6.07, 6.45) is 6.52. The fraction of sp³-hybridized carbons (Fsp3) is 0.538. The Morgan fingerprint density at radius 3 is 2.33 bits per heavy atom. The standard InChI is InChI=1S/C13H19BP/c1-2-13(12-8-4-3-5-9-12)15(14)10-6-7-11-15/h3-5,8-9,13H,2,6-7,10-11H2,1H3/t13-/m1/s1. The van der Waals surface area contributed by atoms with Crippen LogP contribution in [0.4, 0.5) is 0 Å². The van der Waals surface area contributed by atoms with E-state index in [0.717, 1.165) is 0 Å². The van der Waals surface area contributed by atoms with E-state index in [9.17, 15) is 0 Å². The van der Waals surface area contributed by atoms with Gasteiger partial charge in [-0.25, -0.2) is 7.14 Å². The molecule has 0 saturated carbocycles. The van der Waals surface area contributed by atoms with Crippen molar-refractivity contribution in [1.29, 1.82) is 0 Å². The van der Waals surface area contributed by atoms with Crippen LogP contribution in [-0.4, -0.2) is 19.9 Å². The van der Waals surface area contributed by atoms with Crippen LogP contribution in [0.1, 0.15) is 37.4 Å². The highest BCUT2D eigenvalue weighted by Gasteiger charge is 2.32. The lowest BCUT2D eigenvalue weighted by atomic mass is 10.1. The largest absolute Gasteiger partial charge is 0.306 e. The maximum Gasteiger partial charge on any atom is 0.0467 e. The van der Waals surface area contributed by atoms with Crippen molar-refractivity contribution < 1.29 is 0 Å². The molecule has 1 saturated heterocycles. The Morgan fingerprint density at radius 1 is 1.20 bits per heavy atom. The minimum Gasteiger partial charge on any atom is -0.306 e. The van der Waals surface area contributed by atoms with Gasteiger partial charge < -0.3 is 7.57 Å². The first kappa shape index (κ1) is 11.2. The SMILES string of the molecule is [B-][P+]1([C@H](CC)c2ccccc2)CCCC1. The monoisotopic (exact) mass is 217 g/mol. The quantitative estimate of drug-likeness (QED) is 0.529. The third-order valence-electron chi connectivity index (χ3n) is 3.59. The smallest absolute Gasteiger partial charge is 0.0467 e. The minimum atomic E-state index is -1.15. The highest BCUT2D eigenvalue weighted by molar-refractivity contribution is 7.97. The molecule has 1 fully saturated rings. The number of rotatable bonds is 3. The molecule has 1 aliphatic heterocycles. The molecular formula is C13H19BP. The van der Waals surface area contributed by atoms with Gasteiger partial charge in [0, 0.05) is 18.0 Å². The average molecular weight is 217 g/mol. The van der Waals surface area contributed by atoms with Gasteiger partial charge in [0.15, 0.2) is 0 Å². The molecular weight excluding hydrogens is 198 g/mol. The van der Waals surface area contributed by atoms with Crippen molar-refractivity contribution >= 4 is 14.7 Å². The van der Waals surface area contributed by atoms with Gasteiger partial charge in [-0.15, -0.1) is 0 Å². The Balaban J connectivity index is 2.24. The zero-order chi connectivity index (χ0) is 10.7. The molecule has 0 nitrogen and oxygen atoms in total. The minimum absolute atomic E-state index is 0.654. The van der Waals surface area contributed by atoms with Crippen LogP contribution in [0.5, 0.6) is 0 Å². The predicted molar refractivity (Wildman–Crippen MR) is 71.1 cm³/mol. The van der Waals surface area contributed by atoms with E-state index < -0.39 is 7.14 Å². The van der Waals surface area contributed by atoms with Crippen LogP contribution in [0.15, 0.2) is 30.3 Å². The molecule has 0 spiro atoms. The van der Waals surface area contributed by atoms with Gasteiger partial charge in [-0.2, -0.15) is 0 Å². The van der Waals surface area contributed by atoms with Gasteiger partial charge in [0.25, 0.3) is 0 Å². The third kappa shape index (κ3) is 2.28. The van der Waals surface area contributed by atoms with Gasteiger partial charge in [0.1, 0.15) is 0 Å². The van der Waals surface area contributed by atoms with Gasteiger partial charge in [-0.1, -0.05) is 37.3 Å². The fourth-order valence-corrected chi connectivity index (χ4v) is 6.77. The summed E-state index contributed by atoms with van der Waals surface area (Å²) in [6, 6.07) is 10.9. The number of benzene rings is 1. The second-order valence-electron chi connectivity index (χ2n) is 4.59. The van der Waals surface area contributed by atoms with Crippen LogP contribution in [0.25, 0.3) is 0 Å². The molecule has 3 radical (unpaired) electrons. The van der Waals surface area contributed by atoms with Gasteiger partial charge in [-0.3, -0.25) is 0 Å². The summed E-state index contributed by atoms with van der Waals surface area (Å²) in [7, 11) is 5.50. The molecule has 1 aliphatic rings. The Labute approximate surface area is 95.2 Å². The molecule has 1 aromatic carbocycles. The lowest BCUT2D eigenvalue weighted by Gasteiger charge is -2.40. The lowest BCUT2D eigenvalue weighted by Crippen LogP contribution is -2.07. The van der Waals surface area contributed by atoms with Crippen molar-refractivity contribution in [3.8, 4) is 0 Å². The topological polar surface area (TPSA) is 0 Å². The summed E-state index contributed by atoms with van der Waals surface area (Å²) in [5, 5.41) is 0. The van der Waals surface area contributed by atoms with Gasteiger partial charge in [0.05, 0.1) is 0 Å². The summed E-state index contributed by atoms with van der Waals surface area (Å²) >= 11 is 0. The van der Waals surface area contributed by atoms with Crippen LogP contribution in [0.2, 0.25) is 0 Å². The molecule has 0 unspecified atom stereocenters. The molecule has 0 amide bonds. The van der Waals surface area contributed by atoms with Crippen LogP contribution in [0, 0.1) is 0 Å². The maximum absolute atomic E-state index is 6.66. The van der Waals surface area contributed by atoms with E-state index >= 15 is 0 Å². The normalized spacial score (nSPS) is 21.5. The first-order valence-electron chi connectivity index (χ1n) is 5.96. The van der Waals surface area contributed by atoms with E-state index in [2.05, 4.69) is 37.3 Å². The van der Waals surface area contributed by atoms with Gasteiger partial charge >= 0.3 is 0 Å². The molecule has 2 heteroatoms. The zero-order valence-electron chi connectivity index (χ0n) is 9.52. The first-order valence-corrected chi connectivity index (χ1v) is 8.26. The summed E-state index contributed by atoms with van der Waals surface area (Å²) in [5.74, 6) is 0. The summed E-state index contributed by atoms with van der Waals surface area (Å²) in [5.41, 5.74) is 2.12. The lowest BCUT2D eigenvalue weighted by molar-refractivity contribution is 0.876. The maximum atomic E-state index is 6.66. The Hall–Kier alpha value is -0.285. The van der Waals surface area contributed by atoms with Crippen molar-refractivity contribution in [2.24, 2.45) is 0 Å². The molecule has 1 heterocycles. The summed E-state index contributed by atoms with van der Waals surface area (Å²) < 4.78 is 0. The van der Waals surface area contributed by atoms with Crippen molar-refractivity contribution in [2.75, 3.05) is 12.3 Å². The van der Waals surface area contributed by atoms with Crippen LogP contribution in [0.3, 0.4) is 0 Å². The molecule has 0 bridgehead atoms. The van der Waals surface area contributed by atoms with E-state index in [-0.39, 0.29) is 0 Å². The van der Waals surface area contributed by atoms with Gasteiger partial charge in [0.2, 0.25) is 0 Å². The molecule has 2 rings (SSSR count). The third-order valence-corrected chi connectivity index (χ3v) is 7.79. The van der Waals surface area contributed by atoms with Crippen molar-refractivity contribution in [3.63, 3.8) is 0 Å². The van der Waals surface area contributed by atoms with E-state index in [4.69, 9.17) is 7.57 Å². The number of hydrogen-bond acceptors (Lipinski definition) is 0. The number of hydrogen-bond donors (Lipinski definition) is 0. The predicted octanol–water partition coefficient (Wildman–Crippen LogP) is 4.03. The molecule has 1 aromatic rings. The van der Waals surface area contributed by atoms with Crippen LogP contribution >= 0.6 is 7.14 Å². The molecule has 15 heavy (non-hydrogen) atoms. The zero-order valence-corrected chi connectivity index (χ0v) is 10.4. The second-order valence-corrected chi connectivity index (χ2v) is 8.32. The second kappa shape index (κ2) is 4.70. The molecule has 79 valence electrons.